The zero-order valence-corrected chi connectivity index (χ0v) is 11.5. The van der Waals surface area contributed by atoms with Gasteiger partial charge in [0.15, 0.2) is 0 Å². The lowest BCUT2D eigenvalue weighted by Crippen LogP contribution is -2.59. The number of imidazole rings is 1. The molecule has 8 nitrogen and oxygen atoms in total. The number of aromatic amines is 1. The number of nitrogens with zero attached hydrogens (tertiary/aromatic N) is 1. The fourth-order valence-electron chi connectivity index (χ4n) is 1.82. The average molecular weight is 283 g/mol. The Morgan fingerprint density at radius 3 is 2.55 bits per heavy atom. The monoisotopic (exact) mass is 283 g/mol. The van der Waals surface area contributed by atoms with E-state index >= 15 is 0 Å². The van der Waals surface area contributed by atoms with Crippen LogP contribution in [0.3, 0.4) is 0 Å². The largest absolute Gasteiger partial charge is 0.480 e. The summed E-state index contributed by atoms with van der Waals surface area (Å²) < 4.78 is 0. The molecule has 7 N–H and O–H groups in total. The van der Waals surface area contributed by atoms with Crippen molar-refractivity contribution in [2.24, 2.45) is 17.4 Å². The second kappa shape index (κ2) is 7.01. The third-order valence-corrected chi connectivity index (χ3v) is 3.12. The molecule has 1 rings (SSSR count). The molecular weight excluding hydrogens is 262 g/mol. The summed E-state index contributed by atoms with van der Waals surface area (Å²) in [7, 11) is 0. The molecule has 1 aromatic rings. The standard InChI is InChI=1S/C12H21N5O3/c1-6(2)9(13)10(11(14)18)17-8(12(19)20)3-7-4-15-5-16-7/h4-6,8-10,17H,3,13H2,1-2H3,(H2,14,18)(H,15,16)(H,19,20)/t8-,9?,10?/m0/s1. The van der Waals surface area contributed by atoms with Crippen LogP contribution < -0.4 is 16.8 Å². The van der Waals surface area contributed by atoms with Gasteiger partial charge in [0.1, 0.15) is 12.1 Å². The van der Waals surface area contributed by atoms with Crippen LogP contribution >= 0.6 is 0 Å². The van der Waals surface area contributed by atoms with Gasteiger partial charge >= 0.3 is 5.97 Å². The molecule has 8 heteroatoms. The number of hydrogen-bond donors (Lipinski definition) is 5. The summed E-state index contributed by atoms with van der Waals surface area (Å²) in [5.41, 5.74) is 11.9. The van der Waals surface area contributed by atoms with Gasteiger partial charge in [-0.25, -0.2) is 4.98 Å². The maximum atomic E-state index is 11.5. The number of carboxylic acid groups (broad SMARTS) is 1. The minimum absolute atomic E-state index is 0.0124. The molecule has 20 heavy (non-hydrogen) atoms. The smallest absolute Gasteiger partial charge is 0.321 e. The molecule has 1 heterocycles. The Balaban J connectivity index is 2.81. The van der Waals surface area contributed by atoms with Gasteiger partial charge in [-0.1, -0.05) is 13.8 Å². The molecule has 0 aliphatic carbocycles. The highest BCUT2D eigenvalue weighted by Crippen LogP contribution is 2.07. The van der Waals surface area contributed by atoms with Gasteiger partial charge in [-0.3, -0.25) is 14.9 Å². The van der Waals surface area contributed by atoms with Crippen molar-refractivity contribution in [3.8, 4) is 0 Å². The van der Waals surface area contributed by atoms with Gasteiger partial charge in [-0.15, -0.1) is 0 Å². The average Bonchev–Trinajstić information content (AvgIpc) is 2.85. The van der Waals surface area contributed by atoms with E-state index in [0.29, 0.717) is 5.69 Å². The molecule has 0 aliphatic heterocycles. The molecule has 112 valence electrons. The number of carbonyl (C=O) groups is 2. The summed E-state index contributed by atoms with van der Waals surface area (Å²) in [4.78, 5) is 29.4. The van der Waals surface area contributed by atoms with Crippen LogP contribution in [0.5, 0.6) is 0 Å². The summed E-state index contributed by atoms with van der Waals surface area (Å²) in [5, 5.41) is 12.0. The Kier molecular flexibility index (Phi) is 5.66. The first kappa shape index (κ1) is 16.1. The SMILES string of the molecule is CC(C)C(N)C(N[C@@H](Cc1cnc[nH]1)C(=O)O)C(N)=O. The number of nitrogens with one attached hydrogen (secondary N) is 2. The van der Waals surface area contributed by atoms with E-state index in [1.165, 1.54) is 12.5 Å². The number of aliphatic carboxylic acids is 1. The third-order valence-electron chi connectivity index (χ3n) is 3.12. The number of carboxylic acids is 1. The fraction of sp³-hybridized carbons (Fsp3) is 0.583. The number of carbonyl (C=O) groups excluding carboxylic acids is 1. The van der Waals surface area contributed by atoms with Crippen molar-refractivity contribution < 1.29 is 14.7 Å². The topological polar surface area (TPSA) is 147 Å². The van der Waals surface area contributed by atoms with Crippen LogP contribution in [0.2, 0.25) is 0 Å². The van der Waals surface area contributed by atoms with E-state index in [1.54, 1.807) is 0 Å². The van der Waals surface area contributed by atoms with Gasteiger partial charge in [0.25, 0.3) is 0 Å². The summed E-state index contributed by atoms with van der Waals surface area (Å²) >= 11 is 0. The summed E-state index contributed by atoms with van der Waals surface area (Å²) in [6.45, 7) is 3.68. The Hall–Kier alpha value is -1.93. The molecule has 0 fully saturated rings. The quantitative estimate of drug-likeness (QED) is 0.406. The van der Waals surface area contributed by atoms with Gasteiger partial charge in [-0.2, -0.15) is 0 Å². The molecule has 0 radical (unpaired) electrons. The number of aromatic nitrogens is 2. The zero-order chi connectivity index (χ0) is 15.3. The first-order chi connectivity index (χ1) is 9.32. The molecule has 1 aromatic heterocycles. The predicted molar refractivity (Wildman–Crippen MR) is 72.6 cm³/mol. The molecule has 2 unspecified atom stereocenters. The van der Waals surface area contributed by atoms with Crippen LogP contribution in [0.25, 0.3) is 0 Å². The van der Waals surface area contributed by atoms with Crippen LogP contribution in [0.15, 0.2) is 12.5 Å². The molecule has 0 aliphatic rings. The van der Waals surface area contributed by atoms with E-state index in [2.05, 4.69) is 15.3 Å². The molecule has 0 saturated heterocycles. The van der Waals surface area contributed by atoms with E-state index in [1.807, 2.05) is 13.8 Å². The maximum absolute atomic E-state index is 11.5. The lowest BCUT2D eigenvalue weighted by Gasteiger charge is -2.28. The van der Waals surface area contributed by atoms with Crippen LogP contribution in [0.1, 0.15) is 19.5 Å². The second-order valence-corrected chi connectivity index (χ2v) is 5.04. The molecule has 0 saturated carbocycles. The van der Waals surface area contributed by atoms with Crippen LogP contribution in [-0.2, 0) is 16.0 Å². The third kappa shape index (κ3) is 4.32. The zero-order valence-electron chi connectivity index (χ0n) is 11.5. The van der Waals surface area contributed by atoms with Gasteiger partial charge in [-0.05, 0) is 5.92 Å². The molecule has 0 bridgehead atoms. The fourth-order valence-corrected chi connectivity index (χ4v) is 1.82. The molecule has 0 spiro atoms. The summed E-state index contributed by atoms with van der Waals surface area (Å²) in [6.07, 6.45) is 3.14. The van der Waals surface area contributed by atoms with Gasteiger partial charge < -0.3 is 21.6 Å². The van der Waals surface area contributed by atoms with Crippen molar-refractivity contribution in [1.29, 1.82) is 0 Å². The van der Waals surface area contributed by atoms with E-state index in [-0.39, 0.29) is 12.3 Å². The second-order valence-electron chi connectivity index (χ2n) is 5.04. The normalized spacial score (nSPS) is 15.8. The lowest BCUT2D eigenvalue weighted by atomic mass is 9.95. The van der Waals surface area contributed by atoms with Crippen molar-refractivity contribution in [2.45, 2.75) is 38.4 Å². The van der Waals surface area contributed by atoms with Gasteiger partial charge in [0.05, 0.1) is 6.33 Å². The highest BCUT2D eigenvalue weighted by molar-refractivity contribution is 5.82. The molecular formula is C12H21N5O3. The van der Waals surface area contributed by atoms with Crippen molar-refractivity contribution in [3.63, 3.8) is 0 Å². The number of rotatable bonds is 8. The predicted octanol–water partition coefficient (Wildman–Crippen LogP) is -1.17. The van der Waals surface area contributed by atoms with Gasteiger partial charge in [0.2, 0.25) is 5.91 Å². The molecule has 1 amide bonds. The van der Waals surface area contributed by atoms with Crippen molar-refractivity contribution >= 4 is 11.9 Å². The highest BCUT2D eigenvalue weighted by atomic mass is 16.4. The van der Waals surface area contributed by atoms with Crippen LogP contribution in [0.4, 0.5) is 0 Å². The Bertz CT molecular complexity index is 446. The number of nitrogens with two attached hydrogens (primary N) is 2. The minimum atomic E-state index is -1.08. The summed E-state index contributed by atoms with van der Waals surface area (Å²) in [6, 6.07) is -2.44. The van der Waals surface area contributed by atoms with Gasteiger partial charge in [0, 0.05) is 24.4 Å². The Morgan fingerprint density at radius 1 is 1.50 bits per heavy atom. The highest BCUT2D eigenvalue weighted by Gasteiger charge is 2.31. The van der Waals surface area contributed by atoms with Crippen LogP contribution in [-0.4, -0.2) is 45.1 Å². The van der Waals surface area contributed by atoms with E-state index in [4.69, 9.17) is 11.5 Å². The lowest BCUT2D eigenvalue weighted by molar-refractivity contribution is -0.140. The minimum Gasteiger partial charge on any atom is -0.480 e. The van der Waals surface area contributed by atoms with Crippen molar-refractivity contribution in [2.75, 3.05) is 0 Å². The number of H-pyrrole nitrogens is 1. The van der Waals surface area contributed by atoms with Crippen LogP contribution in [0, 0.1) is 5.92 Å². The Labute approximate surface area is 116 Å². The number of amides is 1. The van der Waals surface area contributed by atoms with Crippen molar-refractivity contribution in [1.82, 2.24) is 15.3 Å². The number of primary amides is 1. The molecule has 0 aromatic carbocycles. The Morgan fingerprint density at radius 2 is 2.15 bits per heavy atom. The first-order valence-corrected chi connectivity index (χ1v) is 6.34. The maximum Gasteiger partial charge on any atom is 0.321 e. The van der Waals surface area contributed by atoms with E-state index in [9.17, 15) is 14.7 Å². The van der Waals surface area contributed by atoms with Crippen molar-refractivity contribution in [3.05, 3.63) is 18.2 Å². The van der Waals surface area contributed by atoms with E-state index in [0.717, 1.165) is 0 Å². The summed E-state index contributed by atoms with van der Waals surface area (Å²) in [5.74, 6) is -1.76. The first-order valence-electron chi connectivity index (χ1n) is 6.34. The molecule has 3 atom stereocenters. The number of hydrogen-bond acceptors (Lipinski definition) is 5. The van der Waals surface area contributed by atoms with E-state index < -0.39 is 30.0 Å².